The van der Waals surface area contributed by atoms with Crippen molar-refractivity contribution in [1.29, 1.82) is 0 Å². The second-order valence-electron chi connectivity index (χ2n) is 5.12. The van der Waals surface area contributed by atoms with Crippen molar-refractivity contribution < 1.29 is 0 Å². The molecule has 2 aliphatic rings. The van der Waals surface area contributed by atoms with Crippen LogP contribution in [0.5, 0.6) is 0 Å². The first-order valence-corrected chi connectivity index (χ1v) is 5.94. The van der Waals surface area contributed by atoms with Crippen molar-refractivity contribution in [3.8, 4) is 0 Å². The van der Waals surface area contributed by atoms with Gasteiger partial charge in [0.2, 0.25) is 0 Å². The van der Waals surface area contributed by atoms with E-state index in [-0.39, 0.29) is 0 Å². The van der Waals surface area contributed by atoms with E-state index in [1.807, 2.05) is 0 Å². The molecule has 2 rings (SSSR count). The van der Waals surface area contributed by atoms with E-state index in [0.717, 1.165) is 23.7 Å². The van der Waals surface area contributed by atoms with Gasteiger partial charge in [0.15, 0.2) is 0 Å². The van der Waals surface area contributed by atoms with Crippen molar-refractivity contribution >= 4 is 0 Å². The lowest BCUT2D eigenvalue weighted by molar-refractivity contribution is 0.313. The Morgan fingerprint density at radius 1 is 1.00 bits per heavy atom. The Labute approximate surface area is 82.5 Å². The van der Waals surface area contributed by atoms with Crippen LogP contribution in [-0.4, -0.2) is 25.0 Å². The number of likely N-dealkylation sites (tertiary alicyclic amines) is 1. The highest BCUT2D eigenvalue weighted by Gasteiger charge is 2.45. The van der Waals surface area contributed by atoms with Gasteiger partial charge in [-0.3, -0.25) is 0 Å². The molecule has 4 unspecified atom stereocenters. The number of fused-ring (bicyclic) bond motifs is 1. The van der Waals surface area contributed by atoms with E-state index in [1.54, 1.807) is 0 Å². The van der Waals surface area contributed by atoms with Gasteiger partial charge in [-0.1, -0.05) is 26.7 Å². The Kier molecular flexibility index (Phi) is 2.64. The maximum Gasteiger partial charge on any atom is 0.00126 e. The molecule has 4 atom stereocenters. The summed E-state index contributed by atoms with van der Waals surface area (Å²) in [5.41, 5.74) is 0. The molecule has 1 heteroatoms. The van der Waals surface area contributed by atoms with Crippen molar-refractivity contribution in [3.05, 3.63) is 0 Å². The fourth-order valence-corrected chi connectivity index (χ4v) is 3.74. The molecule has 0 aromatic heterocycles. The molecule has 0 bridgehead atoms. The molecule has 0 N–H and O–H groups in total. The summed E-state index contributed by atoms with van der Waals surface area (Å²) in [7, 11) is 2.29. The van der Waals surface area contributed by atoms with E-state index in [2.05, 4.69) is 25.8 Å². The minimum Gasteiger partial charge on any atom is -0.306 e. The van der Waals surface area contributed by atoms with Gasteiger partial charge in [0, 0.05) is 13.1 Å². The summed E-state index contributed by atoms with van der Waals surface area (Å²) in [4.78, 5) is 2.54. The third-order valence-corrected chi connectivity index (χ3v) is 4.46. The third-order valence-electron chi connectivity index (χ3n) is 4.46. The van der Waals surface area contributed by atoms with Crippen LogP contribution in [0.1, 0.15) is 33.1 Å². The Balaban J connectivity index is 2.07. The number of rotatable bonds is 2. The first-order chi connectivity index (χ1) is 6.26. The van der Waals surface area contributed by atoms with Gasteiger partial charge >= 0.3 is 0 Å². The zero-order chi connectivity index (χ0) is 9.42. The van der Waals surface area contributed by atoms with E-state index in [1.165, 1.54) is 32.4 Å². The van der Waals surface area contributed by atoms with Gasteiger partial charge < -0.3 is 4.90 Å². The summed E-state index contributed by atoms with van der Waals surface area (Å²) in [6.45, 7) is 7.50. The van der Waals surface area contributed by atoms with Crippen LogP contribution in [0.15, 0.2) is 0 Å². The molecule has 1 saturated carbocycles. The zero-order valence-corrected chi connectivity index (χ0v) is 9.29. The summed E-state index contributed by atoms with van der Waals surface area (Å²) in [6.07, 6.45) is 4.34. The number of hydrogen-bond donors (Lipinski definition) is 0. The van der Waals surface area contributed by atoms with Crippen LogP contribution in [0.3, 0.4) is 0 Å². The lowest BCUT2D eigenvalue weighted by Gasteiger charge is -2.16. The predicted molar refractivity (Wildman–Crippen MR) is 56.7 cm³/mol. The normalized spacial score (nSPS) is 45.5. The molecular formula is C12H23N. The Morgan fingerprint density at radius 2 is 1.46 bits per heavy atom. The highest BCUT2D eigenvalue weighted by molar-refractivity contribution is 4.96. The van der Waals surface area contributed by atoms with Crippen LogP contribution in [0.2, 0.25) is 0 Å². The van der Waals surface area contributed by atoms with Crippen LogP contribution < -0.4 is 0 Å². The van der Waals surface area contributed by atoms with Crippen LogP contribution in [0, 0.1) is 23.7 Å². The van der Waals surface area contributed by atoms with Crippen LogP contribution in [0.4, 0.5) is 0 Å². The second kappa shape index (κ2) is 3.61. The maximum atomic E-state index is 2.54. The summed E-state index contributed by atoms with van der Waals surface area (Å²) in [5, 5.41) is 0. The maximum absolute atomic E-state index is 2.54. The molecule has 1 saturated heterocycles. The molecule has 1 nitrogen and oxygen atoms in total. The minimum absolute atomic E-state index is 1.04. The van der Waals surface area contributed by atoms with Crippen molar-refractivity contribution in [1.82, 2.24) is 4.90 Å². The molecule has 0 aromatic carbocycles. The highest BCUT2D eigenvalue weighted by atomic mass is 15.1. The van der Waals surface area contributed by atoms with E-state index >= 15 is 0 Å². The molecule has 0 amide bonds. The third kappa shape index (κ3) is 1.52. The molecule has 0 spiro atoms. The van der Waals surface area contributed by atoms with Gasteiger partial charge in [-0.05, 0) is 37.1 Å². The van der Waals surface area contributed by atoms with Crippen molar-refractivity contribution in [2.24, 2.45) is 23.7 Å². The van der Waals surface area contributed by atoms with E-state index < -0.39 is 0 Å². The highest BCUT2D eigenvalue weighted by Crippen LogP contribution is 2.48. The van der Waals surface area contributed by atoms with Gasteiger partial charge in [0.05, 0.1) is 0 Å². The van der Waals surface area contributed by atoms with Crippen molar-refractivity contribution in [2.75, 3.05) is 20.1 Å². The van der Waals surface area contributed by atoms with Crippen LogP contribution >= 0.6 is 0 Å². The average Bonchev–Trinajstić information content (AvgIpc) is 2.61. The van der Waals surface area contributed by atoms with Crippen LogP contribution in [0.25, 0.3) is 0 Å². The Bertz CT molecular complexity index is 160. The van der Waals surface area contributed by atoms with Gasteiger partial charge in [-0.15, -0.1) is 0 Å². The van der Waals surface area contributed by atoms with Gasteiger partial charge in [0.25, 0.3) is 0 Å². The van der Waals surface area contributed by atoms with Crippen molar-refractivity contribution in [2.45, 2.75) is 33.1 Å². The summed E-state index contributed by atoms with van der Waals surface area (Å²) in [5.74, 6) is 4.17. The second-order valence-corrected chi connectivity index (χ2v) is 5.12. The van der Waals surface area contributed by atoms with Gasteiger partial charge in [-0.25, -0.2) is 0 Å². The monoisotopic (exact) mass is 181 g/mol. The summed E-state index contributed by atoms with van der Waals surface area (Å²) in [6, 6.07) is 0. The molecule has 13 heavy (non-hydrogen) atoms. The smallest absolute Gasteiger partial charge is 0.00126 e. The number of nitrogens with zero attached hydrogens (tertiary/aromatic N) is 1. The molecule has 0 aromatic rings. The molecule has 1 heterocycles. The van der Waals surface area contributed by atoms with E-state index in [0.29, 0.717) is 0 Å². The quantitative estimate of drug-likeness (QED) is 0.633. The Hall–Kier alpha value is -0.0400. The SMILES string of the molecule is CCC1CC(CC)C2CN(C)CC12. The topological polar surface area (TPSA) is 3.24 Å². The largest absolute Gasteiger partial charge is 0.306 e. The molecular weight excluding hydrogens is 158 g/mol. The summed E-state index contributed by atoms with van der Waals surface area (Å²) < 4.78 is 0. The standard InChI is InChI=1S/C12H23N/c1-4-9-6-10(5-2)12-8-13(3)7-11(9)12/h9-12H,4-8H2,1-3H3. The average molecular weight is 181 g/mol. The first kappa shape index (κ1) is 9.51. The van der Waals surface area contributed by atoms with Crippen LogP contribution in [-0.2, 0) is 0 Å². The van der Waals surface area contributed by atoms with Crippen molar-refractivity contribution in [3.63, 3.8) is 0 Å². The molecule has 2 fully saturated rings. The fourth-order valence-electron chi connectivity index (χ4n) is 3.74. The first-order valence-electron chi connectivity index (χ1n) is 5.94. The van der Waals surface area contributed by atoms with E-state index in [4.69, 9.17) is 0 Å². The minimum atomic E-state index is 1.04. The molecule has 1 aliphatic carbocycles. The molecule has 1 aliphatic heterocycles. The molecule has 76 valence electrons. The fraction of sp³-hybridized carbons (Fsp3) is 1.00. The predicted octanol–water partition coefficient (Wildman–Crippen LogP) is 2.62. The molecule has 0 radical (unpaired) electrons. The van der Waals surface area contributed by atoms with E-state index in [9.17, 15) is 0 Å². The lowest BCUT2D eigenvalue weighted by Crippen LogP contribution is -2.19. The summed E-state index contributed by atoms with van der Waals surface area (Å²) >= 11 is 0. The van der Waals surface area contributed by atoms with Gasteiger partial charge in [0.1, 0.15) is 0 Å². The van der Waals surface area contributed by atoms with Gasteiger partial charge in [-0.2, -0.15) is 0 Å². The zero-order valence-electron chi connectivity index (χ0n) is 9.29. The number of hydrogen-bond acceptors (Lipinski definition) is 1. The Morgan fingerprint density at radius 3 is 1.85 bits per heavy atom. The lowest BCUT2D eigenvalue weighted by atomic mass is 9.89.